The Balaban J connectivity index is 2.27. The van der Waals surface area contributed by atoms with Crippen molar-refractivity contribution in [2.24, 2.45) is 11.7 Å². The van der Waals surface area contributed by atoms with Crippen LogP contribution in [-0.4, -0.2) is 70.5 Å². The van der Waals surface area contributed by atoms with Crippen LogP contribution < -0.4 is 11.1 Å². The van der Waals surface area contributed by atoms with E-state index in [-0.39, 0.29) is 44.4 Å². The van der Waals surface area contributed by atoms with Crippen LogP contribution in [0, 0.1) is 5.92 Å². The molecule has 3 N–H and O–H groups in total. The van der Waals surface area contributed by atoms with Crippen LogP contribution in [0.5, 0.6) is 0 Å². The first-order chi connectivity index (χ1) is 15.5. The van der Waals surface area contributed by atoms with E-state index in [1.165, 1.54) is 4.90 Å². The van der Waals surface area contributed by atoms with Crippen molar-refractivity contribution in [1.82, 2.24) is 20.4 Å². The molecule has 0 radical (unpaired) electrons. The van der Waals surface area contributed by atoms with Crippen LogP contribution in [0.15, 0.2) is 4.52 Å². The maximum Gasteiger partial charge on any atom is 0.315 e. The Labute approximate surface area is 191 Å². The molecule has 1 unspecified atom stereocenters. The Kier molecular flexibility index (Phi) is 9.26. The number of alkyl halides is 2. The van der Waals surface area contributed by atoms with Crippen LogP contribution in [0.25, 0.3) is 0 Å². The fraction of sp³-hybridized carbons (Fsp3) is 0.762. The molecular formula is C21H33F2N5O5. The van der Waals surface area contributed by atoms with Crippen LogP contribution in [0.3, 0.4) is 0 Å². The van der Waals surface area contributed by atoms with E-state index < -0.39 is 54.5 Å². The lowest BCUT2D eigenvalue weighted by Crippen LogP contribution is -2.58. The molecule has 10 nitrogen and oxygen atoms in total. The minimum Gasteiger partial charge on any atom is -0.377 e. The van der Waals surface area contributed by atoms with E-state index >= 15 is 0 Å². The molecule has 0 aromatic carbocycles. The number of carbonyl (C=O) groups excluding carboxylic acids is 3. The van der Waals surface area contributed by atoms with E-state index in [4.69, 9.17) is 15.0 Å². The van der Waals surface area contributed by atoms with Gasteiger partial charge in [-0.05, 0) is 6.42 Å². The highest BCUT2D eigenvalue weighted by molar-refractivity contribution is 5.98. The lowest BCUT2D eigenvalue weighted by atomic mass is 9.88. The summed E-state index contributed by atoms with van der Waals surface area (Å²) in [5.41, 5.74) is 5.43. The minimum atomic E-state index is -3.15. The highest BCUT2D eigenvalue weighted by Crippen LogP contribution is 2.32. The van der Waals surface area contributed by atoms with Crippen LogP contribution in [-0.2, 0) is 9.53 Å². The molecule has 1 fully saturated rings. The van der Waals surface area contributed by atoms with Gasteiger partial charge in [-0.1, -0.05) is 39.3 Å². The van der Waals surface area contributed by atoms with Crippen molar-refractivity contribution in [1.29, 1.82) is 0 Å². The third-order valence-electron chi connectivity index (χ3n) is 5.59. The van der Waals surface area contributed by atoms with E-state index in [0.29, 0.717) is 5.82 Å². The zero-order valence-corrected chi connectivity index (χ0v) is 19.5. The summed E-state index contributed by atoms with van der Waals surface area (Å²) >= 11 is 0. The standard InChI is InChI=1S/C21H33F2N5O5/c1-5-7-21(22,23)10-13(15-11-32-9-8-28(15)20(24)31)18(30)25-14(6-2)16(29)19-26-17(12(3)4)27-33-19/h12-15H,5-11H2,1-4H3,(H2,24,31)(H,25,30)/t13-,14-,15?/m0/s1. The van der Waals surface area contributed by atoms with Crippen molar-refractivity contribution >= 4 is 17.7 Å². The maximum atomic E-state index is 14.6. The van der Waals surface area contributed by atoms with Crippen molar-refractivity contribution < 1.29 is 32.4 Å². The van der Waals surface area contributed by atoms with Crippen molar-refractivity contribution in [3.05, 3.63) is 11.7 Å². The molecule has 1 saturated heterocycles. The van der Waals surface area contributed by atoms with Gasteiger partial charge < -0.3 is 25.2 Å². The topological polar surface area (TPSA) is 141 Å². The zero-order valence-electron chi connectivity index (χ0n) is 19.5. The molecule has 0 aliphatic carbocycles. The molecular weight excluding hydrogens is 440 g/mol. The summed E-state index contributed by atoms with van der Waals surface area (Å²) in [5.74, 6) is -5.89. The molecule has 1 aromatic heterocycles. The molecule has 1 aromatic rings. The molecule has 33 heavy (non-hydrogen) atoms. The number of hydrogen-bond acceptors (Lipinski definition) is 7. The molecule has 0 saturated carbocycles. The monoisotopic (exact) mass is 473 g/mol. The van der Waals surface area contributed by atoms with Crippen molar-refractivity contribution in [2.75, 3.05) is 19.8 Å². The predicted molar refractivity (Wildman–Crippen MR) is 114 cm³/mol. The van der Waals surface area contributed by atoms with Gasteiger partial charge in [0.2, 0.25) is 17.6 Å². The molecule has 2 rings (SSSR count). The number of urea groups is 1. The van der Waals surface area contributed by atoms with Crippen molar-refractivity contribution in [2.45, 2.75) is 77.3 Å². The summed E-state index contributed by atoms with van der Waals surface area (Å²) in [6, 6.07) is -2.87. The fourth-order valence-corrected chi connectivity index (χ4v) is 3.77. The van der Waals surface area contributed by atoms with Crippen LogP contribution >= 0.6 is 0 Å². The second-order valence-corrected chi connectivity index (χ2v) is 8.54. The van der Waals surface area contributed by atoms with Crippen molar-refractivity contribution in [3.8, 4) is 0 Å². The molecule has 1 aliphatic heterocycles. The number of morpholine rings is 1. The van der Waals surface area contributed by atoms with Crippen LogP contribution in [0.2, 0.25) is 0 Å². The first-order valence-corrected chi connectivity index (χ1v) is 11.2. The zero-order chi connectivity index (χ0) is 24.8. The van der Waals surface area contributed by atoms with E-state index in [9.17, 15) is 23.2 Å². The Hall–Kier alpha value is -2.63. The maximum absolute atomic E-state index is 14.6. The van der Waals surface area contributed by atoms with Gasteiger partial charge >= 0.3 is 6.03 Å². The number of nitrogens with two attached hydrogens (primary N) is 1. The number of Topliss-reactive ketones (excluding diaryl/α,β-unsaturated/α-hetero) is 1. The molecule has 3 amide bonds. The molecule has 0 bridgehead atoms. The average Bonchev–Trinajstić information content (AvgIpc) is 3.26. The number of rotatable bonds is 11. The number of hydrogen-bond donors (Lipinski definition) is 2. The second kappa shape index (κ2) is 11.5. The second-order valence-electron chi connectivity index (χ2n) is 8.54. The van der Waals surface area contributed by atoms with Crippen LogP contribution in [0.4, 0.5) is 13.6 Å². The molecule has 12 heteroatoms. The van der Waals surface area contributed by atoms with E-state index in [1.54, 1.807) is 13.8 Å². The number of ether oxygens (including phenoxy) is 1. The lowest BCUT2D eigenvalue weighted by Gasteiger charge is -2.39. The third kappa shape index (κ3) is 6.92. The number of ketones is 1. The van der Waals surface area contributed by atoms with Gasteiger partial charge in [-0.2, -0.15) is 4.98 Å². The largest absolute Gasteiger partial charge is 0.377 e. The first-order valence-electron chi connectivity index (χ1n) is 11.2. The summed E-state index contributed by atoms with van der Waals surface area (Å²) in [5, 5.41) is 6.29. The van der Waals surface area contributed by atoms with Gasteiger partial charge in [-0.25, -0.2) is 13.6 Å². The minimum absolute atomic E-state index is 0.0683. The van der Waals surface area contributed by atoms with E-state index in [1.807, 2.05) is 13.8 Å². The number of aromatic nitrogens is 2. The average molecular weight is 474 g/mol. The van der Waals surface area contributed by atoms with Gasteiger partial charge in [0, 0.05) is 25.3 Å². The Bertz CT molecular complexity index is 832. The van der Waals surface area contributed by atoms with Crippen LogP contribution in [0.1, 0.15) is 75.8 Å². The number of nitrogens with one attached hydrogen (secondary N) is 1. The van der Waals surface area contributed by atoms with Gasteiger partial charge in [0.05, 0.1) is 31.2 Å². The van der Waals surface area contributed by atoms with E-state index in [2.05, 4.69) is 15.5 Å². The van der Waals surface area contributed by atoms with Gasteiger partial charge in [0.1, 0.15) is 0 Å². The highest BCUT2D eigenvalue weighted by Gasteiger charge is 2.44. The fourth-order valence-electron chi connectivity index (χ4n) is 3.77. The normalized spacial score (nSPS) is 18.8. The highest BCUT2D eigenvalue weighted by atomic mass is 19.3. The van der Waals surface area contributed by atoms with Gasteiger partial charge in [-0.3, -0.25) is 9.59 Å². The summed E-state index contributed by atoms with van der Waals surface area (Å²) in [6.45, 7) is 7.08. The quantitative estimate of drug-likeness (QED) is 0.470. The lowest BCUT2D eigenvalue weighted by molar-refractivity contribution is -0.135. The van der Waals surface area contributed by atoms with Gasteiger partial charge in [0.15, 0.2) is 5.82 Å². The predicted octanol–water partition coefficient (Wildman–Crippen LogP) is 2.49. The molecule has 0 spiro atoms. The summed E-state index contributed by atoms with van der Waals surface area (Å²) in [7, 11) is 0. The van der Waals surface area contributed by atoms with Gasteiger partial charge in [0.25, 0.3) is 5.89 Å². The Morgan fingerprint density at radius 3 is 2.55 bits per heavy atom. The smallest absolute Gasteiger partial charge is 0.315 e. The van der Waals surface area contributed by atoms with Gasteiger partial charge in [-0.15, -0.1) is 0 Å². The summed E-state index contributed by atoms with van der Waals surface area (Å²) in [4.78, 5) is 43.2. The first kappa shape index (κ1) is 26.6. The Morgan fingerprint density at radius 1 is 1.30 bits per heavy atom. The number of carbonyl (C=O) groups is 3. The number of halogens is 2. The number of primary amides is 1. The Morgan fingerprint density at radius 2 is 2.00 bits per heavy atom. The molecule has 2 heterocycles. The third-order valence-corrected chi connectivity index (χ3v) is 5.59. The number of amides is 3. The molecule has 3 atom stereocenters. The summed E-state index contributed by atoms with van der Waals surface area (Å²) < 4.78 is 39.6. The number of nitrogens with zero attached hydrogens (tertiary/aromatic N) is 3. The van der Waals surface area contributed by atoms with Crippen molar-refractivity contribution in [3.63, 3.8) is 0 Å². The SMILES string of the molecule is CCCC(F)(F)C[C@H](C(=O)N[C@@H](CC)C(=O)c1nc(C(C)C)no1)C1COCCN1C(N)=O. The van der Waals surface area contributed by atoms with E-state index in [0.717, 1.165) is 0 Å². The molecule has 1 aliphatic rings. The summed E-state index contributed by atoms with van der Waals surface area (Å²) in [6.07, 6.45) is -0.847. The molecule has 186 valence electrons.